The van der Waals surface area contributed by atoms with Crippen LogP contribution in [0.3, 0.4) is 0 Å². The molecule has 5 heteroatoms. The van der Waals surface area contributed by atoms with Gasteiger partial charge in [-0.05, 0) is 73.4 Å². The molecule has 0 spiro atoms. The van der Waals surface area contributed by atoms with Gasteiger partial charge in [0.25, 0.3) is 5.91 Å². The number of nitrogens with one attached hydrogen (secondary N) is 2. The summed E-state index contributed by atoms with van der Waals surface area (Å²) in [5, 5.41) is 6.00. The van der Waals surface area contributed by atoms with E-state index >= 15 is 0 Å². The smallest absolute Gasteiger partial charge is 0.257 e. The zero-order valence-corrected chi connectivity index (χ0v) is 15.9. The van der Waals surface area contributed by atoms with Crippen molar-refractivity contribution in [3.8, 4) is 5.75 Å². The number of hydrogen-bond donors (Lipinski definition) is 2. The van der Waals surface area contributed by atoms with E-state index in [0.717, 1.165) is 11.3 Å². The van der Waals surface area contributed by atoms with Crippen LogP contribution in [-0.4, -0.2) is 17.6 Å². The molecule has 0 aliphatic heterocycles. The summed E-state index contributed by atoms with van der Waals surface area (Å²) >= 11 is 5.23. The van der Waals surface area contributed by atoms with E-state index in [-0.39, 0.29) is 11.0 Å². The Morgan fingerprint density at radius 3 is 2.56 bits per heavy atom. The summed E-state index contributed by atoms with van der Waals surface area (Å²) in [4.78, 5) is 12.4. The molecule has 2 N–H and O–H groups in total. The molecule has 0 aliphatic carbocycles. The summed E-state index contributed by atoms with van der Waals surface area (Å²) in [6.45, 7) is 8.84. The second-order valence-electron chi connectivity index (χ2n) is 6.44. The summed E-state index contributed by atoms with van der Waals surface area (Å²) in [7, 11) is 0. The van der Waals surface area contributed by atoms with E-state index in [1.165, 1.54) is 5.56 Å². The van der Waals surface area contributed by atoms with E-state index < -0.39 is 0 Å². The first kappa shape index (κ1) is 18.9. The van der Waals surface area contributed by atoms with Gasteiger partial charge >= 0.3 is 0 Å². The summed E-state index contributed by atoms with van der Waals surface area (Å²) in [5.74, 6) is 0.831. The fraction of sp³-hybridized carbons (Fsp3) is 0.300. The van der Waals surface area contributed by atoms with E-state index in [1.807, 2.05) is 38.1 Å². The molecular weight excluding hydrogens is 332 g/mol. The highest BCUT2D eigenvalue weighted by atomic mass is 32.1. The van der Waals surface area contributed by atoms with Gasteiger partial charge < -0.3 is 10.1 Å². The van der Waals surface area contributed by atoms with Crippen molar-refractivity contribution in [3.63, 3.8) is 0 Å². The first-order valence-corrected chi connectivity index (χ1v) is 8.68. The Labute approximate surface area is 154 Å². The Morgan fingerprint density at radius 2 is 1.88 bits per heavy atom. The molecule has 0 radical (unpaired) electrons. The minimum absolute atomic E-state index is 0.266. The number of carbonyl (C=O) groups is 1. The lowest BCUT2D eigenvalue weighted by molar-refractivity contribution is 0.0977. The molecule has 0 saturated heterocycles. The van der Waals surface area contributed by atoms with Crippen LogP contribution in [-0.2, 0) is 0 Å². The van der Waals surface area contributed by atoms with Crippen LogP contribution in [0.2, 0.25) is 0 Å². The predicted octanol–water partition coefficient (Wildman–Crippen LogP) is 4.47. The molecule has 2 aromatic carbocycles. The first-order chi connectivity index (χ1) is 11.8. The summed E-state index contributed by atoms with van der Waals surface area (Å²) in [6.07, 6.45) is 0. The first-order valence-electron chi connectivity index (χ1n) is 8.27. The molecule has 0 aliphatic rings. The number of hydrogen-bond acceptors (Lipinski definition) is 3. The van der Waals surface area contributed by atoms with E-state index in [2.05, 4.69) is 24.5 Å². The number of rotatable bonds is 5. The largest absolute Gasteiger partial charge is 0.493 e. The van der Waals surface area contributed by atoms with Gasteiger partial charge in [0.05, 0.1) is 6.61 Å². The maximum absolute atomic E-state index is 12.4. The molecule has 1 amide bonds. The average Bonchev–Trinajstić information content (AvgIpc) is 2.56. The molecular formula is C20H24N2O2S. The van der Waals surface area contributed by atoms with Crippen LogP contribution in [0.4, 0.5) is 5.69 Å². The van der Waals surface area contributed by atoms with Gasteiger partial charge in [0.1, 0.15) is 5.75 Å². The normalized spacial score (nSPS) is 10.4. The summed E-state index contributed by atoms with van der Waals surface area (Å²) in [5.41, 5.74) is 3.72. The highest BCUT2D eigenvalue weighted by Gasteiger charge is 2.10. The maximum atomic E-state index is 12.4. The molecule has 4 nitrogen and oxygen atoms in total. The van der Waals surface area contributed by atoms with Gasteiger partial charge in [0, 0.05) is 11.3 Å². The van der Waals surface area contributed by atoms with Crippen molar-refractivity contribution in [2.75, 3.05) is 11.9 Å². The van der Waals surface area contributed by atoms with Crippen LogP contribution in [0.5, 0.6) is 5.75 Å². The molecule has 0 saturated carbocycles. The maximum Gasteiger partial charge on any atom is 0.257 e. The number of ether oxygens (including phenoxy) is 1. The fourth-order valence-electron chi connectivity index (χ4n) is 2.15. The highest BCUT2D eigenvalue weighted by Crippen LogP contribution is 2.15. The quantitative estimate of drug-likeness (QED) is 0.777. The number of amides is 1. The second kappa shape index (κ2) is 8.62. The standard InChI is InChI=1S/C20H24N2O2S/c1-13(2)12-24-18-7-5-6-16(11-18)19(23)22-20(25)21-17-9-8-14(3)15(4)10-17/h5-11,13H,12H2,1-4H3,(H2,21,22,23,25). The molecule has 0 fully saturated rings. The monoisotopic (exact) mass is 356 g/mol. The Morgan fingerprint density at radius 1 is 1.12 bits per heavy atom. The Kier molecular flexibility index (Phi) is 6.53. The van der Waals surface area contributed by atoms with Crippen LogP contribution in [0.15, 0.2) is 42.5 Å². The fourth-order valence-corrected chi connectivity index (χ4v) is 2.36. The van der Waals surface area contributed by atoms with Crippen LogP contribution in [0.1, 0.15) is 35.3 Å². The van der Waals surface area contributed by atoms with Crippen molar-refractivity contribution in [2.45, 2.75) is 27.7 Å². The van der Waals surface area contributed by atoms with Gasteiger partial charge in [-0.25, -0.2) is 0 Å². The number of anilines is 1. The van der Waals surface area contributed by atoms with Crippen LogP contribution in [0.25, 0.3) is 0 Å². The van der Waals surface area contributed by atoms with E-state index in [1.54, 1.807) is 18.2 Å². The van der Waals surface area contributed by atoms with Crippen LogP contribution >= 0.6 is 12.2 Å². The molecule has 0 unspecified atom stereocenters. The molecule has 0 heterocycles. The minimum Gasteiger partial charge on any atom is -0.493 e. The van der Waals surface area contributed by atoms with E-state index in [9.17, 15) is 4.79 Å². The van der Waals surface area contributed by atoms with Gasteiger partial charge in [-0.15, -0.1) is 0 Å². The zero-order chi connectivity index (χ0) is 18.4. The Hall–Kier alpha value is -2.40. The van der Waals surface area contributed by atoms with Crippen LogP contribution in [0, 0.1) is 19.8 Å². The lowest BCUT2D eigenvalue weighted by atomic mass is 10.1. The van der Waals surface area contributed by atoms with Crippen molar-refractivity contribution in [1.29, 1.82) is 0 Å². The van der Waals surface area contributed by atoms with Gasteiger partial charge in [-0.3, -0.25) is 10.1 Å². The van der Waals surface area contributed by atoms with E-state index in [0.29, 0.717) is 23.8 Å². The molecule has 132 valence electrons. The minimum atomic E-state index is -0.267. The molecule has 0 bridgehead atoms. The molecule has 25 heavy (non-hydrogen) atoms. The highest BCUT2D eigenvalue weighted by molar-refractivity contribution is 7.80. The van der Waals surface area contributed by atoms with Gasteiger partial charge in [-0.2, -0.15) is 0 Å². The number of carbonyl (C=O) groups excluding carboxylic acids is 1. The third-order valence-electron chi connectivity index (χ3n) is 3.67. The third-order valence-corrected chi connectivity index (χ3v) is 3.88. The SMILES string of the molecule is Cc1ccc(NC(=S)NC(=O)c2cccc(OCC(C)C)c2)cc1C. The van der Waals surface area contributed by atoms with Crippen molar-refractivity contribution in [2.24, 2.45) is 5.92 Å². The molecule has 0 atom stereocenters. The topological polar surface area (TPSA) is 50.4 Å². The number of benzene rings is 2. The van der Waals surface area contributed by atoms with Crippen molar-refractivity contribution in [3.05, 3.63) is 59.2 Å². The van der Waals surface area contributed by atoms with Gasteiger partial charge in [0.2, 0.25) is 0 Å². The number of thiocarbonyl (C=S) groups is 1. The molecule has 0 aromatic heterocycles. The van der Waals surface area contributed by atoms with Gasteiger partial charge in [-0.1, -0.05) is 26.0 Å². The average molecular weight is 356 g/mol. The lowest BCUT2D eigenvalue weighted by Gasteiger charge is -2.12. The Bertz CT molecular complexity index is 772. The van der Waals surface area contributed by atoms with Crippen molar-refractivity contribution >= 4 is 28.9 Å². The van der Waals surface area contributed by atoms with E-state index in [4.69, 9.17) is 17.0 Å². The molecule has 2 aromatic rings. The summed E-state index contributed by atoms with van der Waals surface area (Å²) < 4.78 is 5.65. The Balaban J connectivity index is 1.97. The predicted molar refractivity (Wildman–Crippen MR) is 106 cm³/mol. The third kappa shape index (κ3) is 5.87. The molecule has 2 rings (SSSR count). The van der Waals surface area contributed by atoms with Gasteiger partial charge in [0.15, 0.2) is 5.11 Å². The van der Waals surface area contributed by atoms with Crippen molar-refractivity contribution < 1.29 is 9.53 Å². The lowest BCUT2D eigenvalue weighted by Crippen LogP contribution is -2.34. The number of aryl methyl sites for hydroxylation is 2. The zero-order valence-electron chi connectivity index (χ0n) is 15.1. The second-order valence-corrected chi connectivity index (χ2v) is 6.85. The summed E-state index contributed by atoms with van der Waals surface area (Å²) in [6, 6.07) is 13.0. The van der Waals surface area contributed by atoms with Crippen molar-refractivity contribution in [1.82, 2.24) is 5.32 Å². The van der Waals surface area contributed by atoms with Crippen LogP contribution < -0.4 is 15.4 Å².